The molecule has 3 nitrogen and oxygen atoms in total. The van der Waals surface area contributed by atoms with Crippen LogP contribution in [-0.4, -0.2) is 10.4 Å². The highest BCUT2D eigenvalue weighted by Gasteiger charge is 2.20. The molecule has 1 heterocycles. The molecule has 1 aliphatic carbocycles. The van der Waals surface area contributed by atoms with Gasteiger partial charge in [0.25, 0.3) is 0 Å². The summed E-state index contributed by atoms with van der Waals surface area (Å²) >= 11 is 0. The summed E-state index contributed by atoms with van der Waals surface area (Å²) in [4.78, 5) is 12.6. The highest BCUT2D eigenvalue weighted by molar-refractivity contribution is 6.09. The summed E-state index contributed by atoms with van der Waals surface area (Å²) in [6.45, 7) is 0. The second-order valence-electron chi connectivity index (χ2n) is 5.95. The summed E-state index contributed by atoms with van der Waals surface area (Å²) in [5, 5.41) is 9.06. The quantitative estimate of drug-likeness (QED) is 0.789. The van der Waals surface area contributed by atoms with Crippen LogP contribution in [0.2, 0.25) is 0 Å². The summed E-state index contributed by atoms with van der Waals surface area (Å²) < 4.78 is 2.18. The van der Waals surface area contributed by atoms with Crippen molar-refractivity contribution in [3.8, 4) is 6.07 Å². The molecule has 3 rings (SSSR count). The fraction of sp³-hybridized carbons (Fsp3) is 0.368. The number of benzene rings is 1. The highest BCUT2D eigenvalue weighted by Crippen LogP contribution is 2.30. The maximum Gasteiger partial charge on any atom is 0.194 e. The SMILES string of the molecule is N#CCc1cc(C(=O)c2ccccc2)cn1C1CCCCC1. The molecule has 0 unspecified atom stereocenters. The van der Waals surface area contributed by atoms with Gasteiger partial charge in [-0.15, -0.1) is 0 Å². The second-order valence-corrected chi connectivity index (χ2v) is 5.95. The molecule has 1 fully saturated rings. The van der Waals surface area contributed by atoms with Gasteiger partial charge in [-0.1, -0.05) is 49.6 Å². The van der Waals surface area contributed by atoms with Crippen molar-refractivity contribution in [2.24, 2.45) is 0 Å². The van der Waals surface area contributed by atoms with E-state index < -0.39 is 0 Å². The topological polar surface area (TPSA) is 45.8 Å². The van der Waals surface area contributed by atoms with E-state index >= 15 is 0 Å². The third-order valence-corrected chi connectivity index (χ3v) is 4.46. The van der Waals surface area contributed by atoms with Gasteiger partial charge in [0.05, 0.1) is 12.5 Å². The van der Waals surface area contributed by atoms with Crippen molar-refractivity contribution in [2.75, 3.05) is 0 Å². The molecule has 1 aliphatic rings. The summed E-state index contributed by atoms with van der Waals surface area (Å²) in [5.74, 6) is 0.0364. The molecule has 1 saturated carbocycles. The summed E-state index contributed by atoms with van der Waals surface area (Å²) in [5.41, 5.74) is 2.36. The molecule has 0 aliphatic heterocycles. The molecule has 0 N–H and O–H groups in total. The van der Waals surface area contributed by atoms with Crippen molar-refractivity contribution in [2.45, 2.75) is 44.6 Å². The maximum atomic E-state index is 12.6. The smallest absolute Gasteiger partial charge is 0.194 e. The van der Waals surface area contributed by atoms with E-state index in [4.69, 9.17) is 5.26 Å². The van der Waals surface area contributed by atoms with Crippen LogP contribution in [0.25, 0.3) is 0 Å². The molecule has 0 bridgehead atoms. The Kier molecular flexibility index (Phi) is 4.39. The minimum Gasteiger partial charge on any atom is -0.347 e. The molecule has 3 heteroatoms. The number of rotatable bonds is 4. The van der Waals surface area contributed by atoms with Gasteiger partial charge in [0.15, 0.2) is 5.78 Å². The Morgan fingerprint density at radius 1 is 1.14 bits per heavy atom. The number of aromatic nitrogens is 1. The van der Waals surface area contributed by atoms with Gasteiger partial charge in [-0.05, 0) is 18.9 Å². The molecular weight excluding hydrogens is 272 g/mol. The van der Waals surface area contributed by atoms with E-state index in [0.29, 0.717) is 23.6 Å². The van der Waals surface area contributed by atoms with Gasteiger partial charge in [0.1, 0.15) is 0 Å². The predicted octanol–water partition coefficient (Wildman–Crippen LogP) is 4.29. The van der Waals surface area contributed by atoms with Crippen LogP contribution in [0, 0.1) is 11.3 Å². The van der Waals surface area contributed by atoms with Gasteiger partial charge in [-0.2, -0.15) is 5.26 Å². The Labute approximate surface area is 131 Å². The average Bonchev–Trinajstić information content (AvgIpc) is 3.00. The van der Waals surface area contributed by atoms with Gasteiger partial charge >= 0.3 is 0 Å². The van der Waals surface area contributed by atoms with Crippen molar-refractivity contribution in [1.82, 2.24) is 4.57 Å². The molecule has 2 aromatic rings. The molecule has 0 atom stereocenters. The van der Waals surface area contributed by atoms with E-state index in [-0.39, 0.29) is 5.78 Å². The molecule has 0 amide bonds. The number of carbonyl (C=O) groups is 1. The summed E-state index contributed by atoms with van der Waals surface area (Å²) in [7, 11) is 0. The molecule has 22 heavy (non-hydrogen) atoms. The number of carbonyl (C=O) groups excluding carboxylic acids is 1. The lowest BCUT2D eigenvalue weighted by molar-refractivity contribution is 0.103. The van der Waals surface area contributed by atoms with E-state index in [2.05, 4.69) is 10.6 Å². The number of nitrogens with zero attached hydrogens (tertiary/aromatic N) is 2. The predicted molar refractivity (Wildman–Crippen MR) is 85.7 cm³/mol. The number of nitriles is 1. The monoisotopic (exact) mass is 292 g/mol. The van der Waals surface area contributed by atoms with Crippen LogP contribution >= 0.6 is 0 Å². The Morgan fingerprint density at radius 3 is 2.55 bits per heavy atom. The second kappa shape index (κ2) is 6.62. The fourth-order valence-corrected chi connectivity index (χ4v) is 3.33. The highest BCUT2D eigenvalue weighted by atomic mass is 16.1. The number of hydrogen-bond acceptors (Lipinski definition) is 2. The van der Waals surface area contributed by atoms with Crippen LogP contribution < -0.4 is 0 Å². The Balaban J connectivity index is 1.92. The minimum atomic E-state index is 0.0364. The van der Waals surface area contributed by atoms with Crippen LogP contribution in [0.15, 0.2) is 42.6 Å². The molecule has 1 aromatic heterocycles. The zero-order valence-electron chi connectivity index (χ0n) is 12.7. The Bertz CT molecular complexity index is 688. The average molecular weight is 292 g/mol. The molecule has 0 radical (unpaired) electrons. The van der Waals surface area contributed by atoms with Crippen LogP contribution in [0.1, 0.15) is 59.8 Å². The van der Waals surface area contributed by atoms with E-state index in [9.17, 15) is 4.79 Å². The van der Waals surface area contributed by atoms with Gasteiger partial charge < -0.3 is 4.57 Å². The van der Waals surface area contributed by atoms with E-state index in [1.807, 2.05) is 42.6 Å². The van der Waals surface area contributed by atoms with Crippen molar-refractivity contribution in [3.05, 3.63) is 59.4 Å². The van der Waals surface area contributed by atoms with Crippen LogP contribution in [0.4, 0.5) is 0 Å². The third kappa shape index (κ3) is 2.96. The standard InChI is InChI=1S/C19H20N2O/c20-12-11-18-13-16(19(22)15-7-3-1-4-8-15)14-21(18)17-9-5-2-6-10-17/h1,3-4,7-8,13-14,17H,2,5-6,9-11H2. The Hall–Kier alpha value is -2.34. The van der Waals surface area contributed by atoms with Crippen molar-refractivity contribution >= 4 is 5.78 Å². The lowest BCUT2D eigenvalue weighted by Gasteiger charge is -2.25. The lowest BCUT2D eigenvalue weighted by atomic mass is 9.95. The first-order chi connectivity index (χ1) is 10.8. The van der Waals surface area contributed by atoms with Crippen molar-refractivity contribution in [3.63, 3.8) is 0 Å². The van der Waals surface area contributed by atoms with Gasteiger partial charge in [0.2, 0.25) is 0 Å². The zero-order chi connectivity index (χ0) is 15.4. The number of hydrogen-bond donors (Lipinski definition) is 0. The van der Waals surface area contributed by atoms with Crippen LogP contribution in [-0.2, 0) is 6.42 Å². The molecule has 112 valence electrons. The number of ketones is 1. The Morgan fingerprint density at radius 2 is 1.86 bits per heavy atom. The first-order valence-corrected chi connectivity index (χ1v) is 7.97. The summed E-state index contributed by atoms with van der Waals surface area (Å²) in [6.07, 6.45) is 8.36. The maximum absolute atomic E-state index is 12.6. The summed E-state index contributed by atoms with van der Waals surface area (Å²) in [6, 6.07) is 13.9. The lowest BCUT2D eigenvalue weighted by Crippen LogP contribution is -2.14. The molecule has 1 aromatic carbocycles. The van der Waals surface area contributed by atoms with E-state index in [0.717, 1.165) is 18.5 Å². The third-order valence-electron chi connectivity index (χ3n) is 4.46. The van der Waals surface area contributed by atoms with Crippen molar-refractivity contribution < 1.29 is 4.79 Å². The van der Waals surface area contributed by atoms with Crippen molar-refractivity contribution in [1.29, 1.82) is 5.26 Å². The van der Waals surface area contributed by atoms with Gasteiger partial charge in [-0.25, -0.2) is 0 Å². The normalized spacial score (nSPS) is 15.4. The minimum absolute atomic E-state index is 0.0364. The van der Waals surface area contributed by atoms with E-state index in [1.165, 1.54) is 19.3 Å². The van der Waals surface area contributed by atoms with Crippen LogP contribution in [0.5, 0.6) is 0 Å². The first kappa shape index (κ1) is 14.6. The fourth-order valence-electron chi connectivity index (χ4n) is 3.33. The molecule has 0 saturated heterocycles. The largest absolute Gasteiger partial charge is 0.347 e. The van der Waals surface area contributed by atoms with Crippen LogP contribution in [0.3, 0.4) is 0 Å². The molecule has 0 spiro atoms. The first-order valence-electron chi connectivity index (χ1n) is 7.97. The van der Waals surface area contributed by atoms with Gasteiger partial charge in [0, 0.05) is 29.1 Å². The van der Waals surface area contributed by atoms with Gasteiger partial charge in [-0.3, -0.25) is 4.79 Å². The van der Waals surface area contributed by atoms with E-state index in [1.54, 1.807) is 0 Å². The zero-order valence-corrected chi connectivity index (χ0v) is 12.7. The molecular formula is C19H20N2O.